The highest BCUT2D eigenvalue weighted by molar-refractivity contribution is 5.17. The molecule has 0 aliphatic heterocycles. The van der Waals surface area contributed by atoms with Gasteiger partial charge in [-0.2, -0.15) is 0 Å². The number of rotatable bonds is 2. The molecule has 2 aliphatic rings. The largest absolute Gasteiger partial charge is 0.396 e. The highest BCUT2D eigenvalue weighted by atomic mass is 16.3. The van der Waals surface area contributed by atoms with Gasteiger partial charge in [0.05, 0.1) is 19.3 Å². The van der Waals surface area contributed by atoms with Crippen LogP contribution >= 0.6 is 0 Å². The van der Waals surface area contributed by atoms with Gasteiger partial charge < -0.3 is 15.3 Å². The van der Waals surface area contributed by atoms with Crippen LogP contribution in [-0.4, -0.2) is 34.6 Å². The molecule has 3 heteroatoms. The third-order valence-electron chi connectivity index (χ3n) is 4.99. The van der Waals surface area contributed by atoms with Crippen molar-refractivity contribution in [2.75, 3.05) is 13.2 Å². The van der Waals surface area contributed by atoms with E-state index in [1.54, 1.807) is 0 Å². The minimum atomic E-state index is -0.523. The fourth-order valence-corrected chi connectivity index (χ4v) is 4.11. The lowest BCUT2D eigenvalue weighted by Crippen LogP contribution is -2.34. The number of hydrogen-bond donors (Lipinski definition) is 3. The molecule has 1 fully saturated rings. The van der Waals surface area contributed by atoms with Crippen LogP contribution in [0.1, 0.15) is 33.6 Å². The first kappa shape index (κ1) is 14.0. The second-order valence-electron chi connectivity index (χ2n) is 6.94. The lowest BCUT2D eigenvalue weighted by atomic mass is 9.81. The Kier molecular flexibility index (Phi) is 3.86. The van der Waals surface area contributed by atoms with Crippen LogP contribution < -0.4 is 0 Å². The summed E-state index contributed by atoms with van der Waals surface area (Å²) in [6.07, 6.45) is 3.68. The summed E-state index contributed by atoms with van der Waals surface area (Å²) in [7, 11) is 0. The Bertz CT molecular complexity index is 335. The molecule has 3 N–H and O–H groups in total. The second kappa shape index (κ2) is 4.95. The molecule has 0 aromatic carbocycles. The average molecular weight is 254 g/mol. The van der Waals surface area contributed by atoms with Crippen molar-refractivity contribution in [2.45, 2.75) is 39.7 Å². The fourth-order valence-electron chi connectivity index (χ4n) is 4.11. The van der Waals surface area contributed by atoms with Crippen molar-refractivity contribution in [1.82, 2.24) is 0 Å². The van der Waals surface area contributed by atoms with Crippen LogP contribution in [0.25, 0.3) is 0 Å². The maximum atomic E-state index is 10.6. The lowest BCUT2D eigenvalue weighted by molar-refractivity contribution is 0.0187. The molecule has 0 amide bonds. The zero-order valence-corrected chi connectivity index (χ0v) is 11.6. The lowest BCUT2D eigenvalue weighted by Gasteiger charge is -2.29. The van der Waals surface area contributed by atoms with Gasteiger partial charge in [0.1, 0.15) is 0 Å². The van der Waals surface area contributed by atoms with Crippen LogP contribution in [0.2, 0.25) is 0 Å². The molecule has 0 aromatic rings. The van der Waals surface area contributed by atoms with Gasteiger partial charge in [-0.25, -0.2) is 0 Å². The first-order chi connectivity index (χ1) is 8.39. The van der Waals surface area contributed by atoms with Crippen molar-refractivity contribution < 1.29 is 15.3 Å². The highest BCUT2D eigenvalue weighted by Gasteiger charge is 2.47. The second-order valence-corrected chi connectivity index (χ2v) is 6.94. The monoisotopic (exact) mass is 254 g/mol. The molecule has 2 rings (SSSR count). The van der Waals surface area contributed by atoms with E-state index in [0.29, 0.717) is 11.8 Å². The Morgan fingerprint density at radius 1 is 1.22 bits per heavy atom. The minimum absolute atomic E-state index is 0.0601. The molecular formula is C15H26O3. The van der Waals surface area contributed by atoms with E-state index in [1.807, 2.05) is 0 Å². The molecule has 0 heterocycles. The Morgan fingerprint density at radius 3 is 2.39 bits per heavy atom. The maximum absolute atomic E-state index is 10.6. The normalized spacial score (nSPS) is 43.2. The summed E-state index contributed by atoms with van der Waals surface area (Å²) in [6.45, 7) is 6.54. The zero-order chi connectivity index (χ0) is 13.5. The van der Waals surface area contributed by atoms with Crippen LogP contribution in [0.3, 0.4) is 0 Å². The summed E-state index contributed by atoms with van der Waals surface area (Å²) < 4.78 is 0. The standard InChI is InChI=1S/C15H26O3/c1-9-4-10(7-16)13(8-17)14(18)12-6-15(2,3)5-11(9)12/h4,9,11-14,16-18H,5-8H2,1-3H3/t9-,11+,12+,13+,14-/m1/s1. The number of allylic oxidation sites excluding steroid dienone is 1. The number of aliphatic hydroxyl groups excluding tert-OH is 3. The molecule has 5 atom stereocenters. The van der Waals surface area contributed by atoms with Gasteiger partial charge in [-0.3, -0.25) is 0 Å². The topological polar surface area (TPSA) is 60.7 Å². The van der Waals surface area contributed by atoms with Crippen molar-refractivity contribution >= 4 is 0 Å². The van der Waals surface area contributed by atoms with Gasteiger partial charge in [0.2, 0.25) is 0 Å². The smallest absolute Gasteiger partial charge is 0.0659 e. The number of aliphatic hydroxyl groups is 3. The molecule has 104 valence electrons. The van der Waals surface area contributed by atoms with Crippen LogP contribution in [0.5, 0.6) is 0 Å². The summed E-state index contributed by atoms with van der Waals surface area (Å²) in [5, 5.41) is 29.5. The summed E-state index contributed by atoms with van der Waals surface area (Å²) in [6, 6.07) is 0. The third-order valence-corrected chi connectivity index (χ3v) is 4.99. The Hall–Kier alpha value is -0.380. The zero-order valence-electron chi connectivity index (χ0n) is 11.6. The average Bonchev–Trinajstić information content (AvgIpc) is 2.60. The Balaban J connectivity index is 2.33. The van der Waals surface area contributed by atoms with Gasteiger partial charge in [0, 0.05) is 5.92 Å². The molecule has 0 bridgehead atoms. The van der Waals surface area contributed by atoms with Crippen molar-refractivity contribution in [1.29, 1.82) is 0 Å². The predicted octanol–water partition coefficient (Wildman–Crippen LogP) is 1.58. The van der Waals surface area contributed by atoms with Crippen molar-refractivity contribution in [3.8, 4) is 0 Å². The number of hydrogen-bond acceptors (Lipinski definition) is 3. The molecular weight excluding hydrogens is 228 g/mol. The number of fused-ring (bicyclic) bond motifs is 1. The first-order valence-electron chi connectivity index (χ1n) is 7.00. The van der Waals surface area contributed by atoms with Crippen LogP contribution in [0.4, 0.5) is 0 Å². The molecule has 0 unspecified atom stereocenters. The Labute approximate surface area is 110 Å². The minimum Gasteiger partial charge on any atom is -0.396 e. The maximum Gasteiger partial charge on any atom is 0.0659 e. The Morgan fingerprint density at radius 2 is 1.83 bits per heavy atom. The van der Waals surface area contributed by atoms with E-state index in [0.717, 1.165) is 18.4 Å². The van der Waals surface area contributed by atoms with Gasteiger partial charge in [-0.05, 0) is 41.6 Å². The van der Waals surface area contributed by atoms with Crippen LogP contribution in [0, 0.1) is 29.1 Å². The molecule has 18 heavy (non-hydrogen) atoms. The quantitative estimate of drug-likeness (QED) is 0.656. The molecule has 0 radical (unpaired) electrons. The summed E-state index contributed by atoms with van der Waals surface area (Å²) in [5.74, 6) is 0.784. The summed E-state index contributed by atoms with van der Waals surface area (Å²) in [5.41, 5.74) is 1.08. The molecule has 1 saturated carbocycles. The van der Waals surface area contributed by atoms with Crippen LogP contribution in [-0.2, 0) is 0 Å². The predicted molar refractivity (Wildman–Crippen MR) is 70.9 cm³/mol. The SMILES string of the molecule is C[C@@H]1C=C(CO)[C@H](CO)[C@H](O)[C@H]2CC(C)(C)C[C@H]21. The first-order valence-corrected chi connectivity index (χ1v) is 7.00. The molecule has 0 saturated heterocycles. The van der Waals surface area contributed by atoms with Gasteiger partial charge in [-0.15, -0.1) is 0 Å². The highest BCUT2D eigenvalue weighted by Crippen LogP contribution is 2.52. The van der Waals surface area contributed by atoms with Gasteiger partial charge >= 0.3 is 0 Å². The molecule has 2 aliphatic carbocycles. The summed E-state index contributed by atoms with van der Waals surface area (Å²) >= 11 is 0. The van der Waals surface area contributed by atoms with Crippen molar-refractivity contribution in [2.24, 2.45) is 29.1 Å². The third kappa shape index (κ3) is 2.36. The van der Waals surface area contributed by atoms with E-state index in [1.165, 1.54) is 0 Å². The van der Waals surface area contributed by atoms with Crippen molar-refractivity contribution in [3.63, 3.8) is 0 Å². The molecule has 0 aromatic heterocycles. The fraction of sp³-hybridized carbons (Fsp3) is 0.867. The van der Waals surface area contributed by atoms with E-state index >= 15 is 0 Å². The van der Waals surface area contributed by atoms with Crippen molar-refractivity contribution in [3.05, 3.63) is 11.6 Å². The molecule has 0 spiro atoms. The van der Waals surface area contributed by atoms with Crippen LogP contribution in [0.15, 0.2) is 11.6 Å². The van der Waals surface area contributed by atoms with E-state index in [2.05, 4.69) is 26.8 Å². The molecule has 3 nitrogen and oxygen atoms in total. The summed E-state index contributed by atoms with van der Waals surface area (Å²) in [4.78, 5) is 0. The van der Waals surface area contributed by atoms with E-state index in [9.17, 15) is 15.3 Å². The van der Waals surface area contributed by atoms with E-state index in [-0.39, 0.29) is 30.5 Å². The van der Waals surface area contributed by atoms with Gasteiger partial charge in [-0.1, -0.05) is 26.8 Å². The van der Waals surface area contributed by atoms with Gasteiger partial charge in [0.15, 0.2) is 0 Å². The van der Waals surface area contributed by atoms with E-state index in [4.69, 9.17) is 0 Å². The van der Waals surface area contributed by atoms with E-state index < -0.39 is 6.10 Å². The van der Waals surface area contributed by atoms with Gasteiger partial charge in [0.25, 0.3) is 0 Å².